The Kier molecular flexibility index (Phi) is 3.31. The summed E-state index contributed by atoms with van der Waals surface area (Å²) in [5, 5.41) is 3.41. The van der Waals surface area contributed by atoms with Crippen LogP contribution in [0.4, 0.5) is 0 Å². The molecule has 0 saturated carbocycles. The highest BCUT2D eigenvalue weighted by Gasteiger charge is 2.37. The number of fused-ring (bicyclic) bond motifs is 1. The zero-order valence-corrected chi connectivity index (χ0v) is 11.8. The predicted octanol–water partition coefficient (Wildman–Crippen LogP) is 1.52. The van der Waals surface area contributed by atoms with E-state index >= 15 is 0 Å². The molecule has 102 valence electrons. The van der Waals surface area contributed by atoms with E-state index in [2.05, 4.69) is 42.3 Å². The molecule has 2 aliphatic heterocycles. The van der Waals surface area contributed by atoms with E-state index in [-0.39, 0.29) is 5.91 Å². The highest BCUT2D eigenvalue weighted by molar-refractivity contribution is 5.79. The molecule has 3 rings (SSSR count). The highest BCUT2D eigenvalue weighted by Crippen LogP contribution is 2.26. The summed E-state index contributed by atoms with van der Waals surface area (Å²) < 4.78 is 0. The maximum atomic E-state index is 12.3. The molecule has 0 bridgehead atoms. The molecule has 1 aromatic rings. The van der Waals surface area contributed by atoms with Gasteiger partial charge in [-0.3, -0.25) is 4.79 Å². The summed E-state index contributed by atoms with van der Waals surface area (Å²) in [5.74, 6) is 1.66. The lowest BCUT2D eigenvalue weighted by atomic mass is 10.0. The third kappa shape index (κ3) is 2.52. The van der Waals surface area contributed by atoms with E-state index in [1.807, 2.05) is 0 Å². The van der Waals surface area contributed by atoms with Crippen molar-refractivity contribution < 1.29 is 4.79 Å². The number of nitrogens with one attached hydrogen (secondary N) is 1. The number of carbonyl (C=O) groups is 1. The summed E-state index contributed by atoms with van der Waals surface area (Å²) >= 11 is 0. The molecular formula is C16H22N2O. The van der Waals surface area contributed by atoms with Gasteiger partial charge in [0.15, 0.2) is 0 Å². The van der Waals surface area contributed by atoms with Crippen LogP contribution in [-0.2, 0) is 11.2 Å². The fourth-order valence-electron chi connectivity index (χ4n) is 3.26. The van der Waals surface area contributed by atoms with Crippen LogP contribution < -0.4 is 5.32 Å². The molecule has 2 heterocycles. The Bertz CT molecular complexity index is 486. The van der Waals surface area contributed by atoms with E-state index in [0.29, 0.717) is 18.3 Å². The quantitative estimate of drug-likeness (QED) is 0.872. The molecule has 1 amide bonds. The third-order valence-electron chi connectivity index (χ3n) is 4.67. The second-order valence-electron chi connectivity index (χ2n) is 6.07. The van der Waals surface area contributed by atoms with Gasteiger partial charge in [0, 0.05) is 26.2 Å². The van der Waals surface area contributed by atoms with Gasteiger partial charge in [-0.1, -0.05) is 18.2 Å². The first-order valence-electron chi connectivity index (χ1n) is 7.18. The van der Waals surface area contributed by atoms with Crippen molar-refractivity contribution in [3.63, 3.8) is 0 Å². The minimum atomic E-state index is 0.289. The first-order chi connectivity index (χ1) is 9.13. The molecule has 2 unspecified atom stereocenters. The van der Waals surface area contributed by atoms with E-state index in [0.717, 1.165) is 31.7 Å². The maximum Gasteiger partial charge on any atom is 0.227 e. The highest BCUT2D eigenvalue weighted by atomic mass is 16.2. The van der Waals surface area contributed by atoms with Gasteiger partial charge in [-0.2, -0.15) is 0 Å². The van der Waals surface area contributed by atoms with Gasteiger partial charge < -0.3 is 10.2 Å². The van der Waals surface area contributed by atoms with Crippen LogP contribution in [0.5, 0.6) is 0 Å². The monoisotopic (exact) mass is 258 g/mol. The van der Waals surface area contributed by atoms with Gasteiger partial charge in [0.05, 0.1) is 6.42 Å². The normalized spacial score (nSPS) is 25.7. The molecule has 2 atom stereocenters. The molecule has 3 nitrogen and oxygen atoms in total. The molecule has 0 spiro atoms. The van der Waals surface area contributed by atoms with Crippen molar-refractivity contribution in [1.29, 1.82) is 0 Å². The molecule has 19 heavy (non-hydrogen) atoms. The number of carbonyl (C=O) groups excluding carboxylic acids is 1. The predicted molar refractivity (Wildman–Crippen MR) is 76.0 cm³/mol. The van der Waals surface area contributed by atoms with Gasteiger partial charge in [-0.05, 0) is 42.4 Å². The summed E-state index contributed by atoms with van der Waals surface area (Å²) in [4.78, 5) is 14.4. The average Bonchev–Trinajstić information content (AvgIpc) is 2.94. The summed E-state index contributed by atoms with van der Waals surface area (Å²) in [6.45, 7) is 8.27. The van der Waals surface area contributed by atoms with Crippen molar-refractivity contribution in [2.24, 2.45) is 11.8 Å². The van der Waals surface area contributed by atoms with Gasteiger partial charge in [-0.15, -0.1) is 0 Å². The van der Waals surface area contributed by atoms with Gasteiger partial charge in [0.25, 0.3) is 0 Å². The minimum Gasteiger partial charge on any atom is -0.342 e. The van der Waals surface area contributed by atoms with E-state index in [4.69, 9.17) is 0 Å². The first kappa shape index (κ1) is 12.7. The largest absolute Gasteiger partial charge is 0.342 e. The smallest absolute Gasteiger partial charge is 0.227 e. The van der Waals surface area contributed by atoms with E-state index in [9.17, 15) is 4.79 Å². The topological polar surface area (TPSA) is 32.3 Å². The number of aryl methyl sites for hydroxylation is 2. The summed E-state index contributed by atoms with van der Waals surface area (Å²) in [5.41, 5.74) is 3.70. The van der Waals surface area contributed by atoms with Crippen LogP contribution in [0, 0.1) is 25.7 Å². The SMILES string of the molecule is Cc1ccc(CC(=O)N2CC3CNCC3C2)cc1C. The number of hydrogen-bond acceptors (Lipinski definition) is 2. The van der Waals surface area contributed by atoms with Crippen LogP contribution in [-0.4, -0.2) is 37.0 Å². The number of hydrogen-bond donors (Lipinski definition) is 1. The van der Waals surface area contributed by atoms with Crippen molar-refractivity contribution in [2.45, 2.75) is 20.3 Å². The summed E-state index contributed by atoms with van der Waals surface area (Å²) in [6.07, 6.45) is 0.550. The Balaban J connectivity index is 1.63. The van der Waals surface area contributed by atoms with Crippen LogP contribution in [0.2, 0.25) is 0 Å². The number of likely N-dealkylation sites (tertiary alicyclic amines) is 1. The Morgan fingerprint density at radius 3 is 2.53 bits per heavy atom. The van der Waals surface area contributed by atoms with Crippen molar-refractivity contribution in [3.05, 3.63) is 34.9 Å². The molecule has 2 aliphatic rings. The van der Waals surface area contributed by atoms with Crippen LogP contribution in [0.15, 0.2) is 18.2 Å². The van der Waals surface area contributed by atoms with E-state index < -0.39 is 0 Å². The van der Waals surface area contributed by atoms with Crippen molar-refractivity contribution in [3.8, 4) is 0 Å². The van der Waals surface area contributed by atoms with E-state index in [1.165, 1.54) is 11.1 Å². The van der Waals surface area contributed by atoms with E-state index in [1.54, 1.807) is 0 Å². The van der Waals surface area contributed by atoms with Crippen molar-refractivity contribution in [1.82, 2.24) is 10.2 Å². The standard InChI is InChI=1S/C16H22N2O/c1-11-3-4-13(5-12(11)2)6-16(19)18-9-14-7-17-8-15(14)10-18/h3-5,14-15,17H,6-10H2,1-2H3. The summed E-state index contributed by atoms with van der Waals surface area (Å²) in [6, 6.07) is 6.34. The number of benzene rings is 1. The number of rotatable bonds is 2. The lowest BCUT2D eigenvalue weighted by Crippen LogP contribution is -2.32. The Labute approximate surface area is 115 Å². The molecule has 0 radical (unpaired) electrons. The minimum absolute atomic E-state index is 0.289. The van der Waals surface area contributed by atoms with Gasteiger partial charge in [-0.25, -0.2) is 0 Å². The fourth-order valence-corrected chi connectivity index (χ4v) is 3.26. The molecule has 0 aliphatic carbocycles. The molecule has 2 saturated heterocycles. The Morgan fingerprint density at radius 1 is 1.21 bits per heavy atom. The molecule has 1 N–H and O–H groups in total. The van der Waals surface area contributed by atoms with Crippen molar-refractivity contribution >= 4 is 5.91 Å². The molecule has 1 aromatic carbocycles. The van der Waals surface area contributed by atoms with Gasteiger partial charge >= 0.3 is 0 Å². The molecule has 2 fully saturated rings. The van der Waals surface area contributed by atoms with Gasteiger partial charge in [0.2, 0.25) is 5.91 Å². The van der Waals surface area contributed by atoms with Gasteiger partial charge in [0.1, 0.15) is 0 Å². The summed E-state index contributed by atoms with van der Waals surface area (Å²) in [7, 11) is 0. The molecule has 3 heteroatoms. The Hall–Kier alpha value is -1.35. The number of nitrogens with zero attached hydrogens (tertiary/aromatic N) is 1. The van der Waals surface area contributed by atoms with Crippen molar-refractivity contribution in [2.75, 3.05) is 26.2 Å². The van der Waals surface area contributed by atoms with Crippen LogP contribution in [0.3, 0.4) is 0 Å². The lowest BCUT2D eigenvalue weighted by Gasteiger charge is -2.17. The van der Waals surface area contributed by atoms with Crippen LogP contribution in [0.25, 0.3) is 0 Å². The zero-order valence-electron chi connectivity index (χ0n) is 11.8. The zero-order chi connectivity index (χ0) is 13.4. The first-order valence-corrected chi connectivity index (χ1v) is 7.18. The number of amides is 1. The second kappa shape index (κ2) is 4.97. The third-order valence-corrected chi connectivity index (χ3v) is 4.67. The molecular weight excluding hydrogens is 236 g/mol. The van der Waals surface area contributed by atoms with Crippen LogP contribution >= 0.6 is 0 Å². The average molecular weight is 258 g/mol. The second-order valence-corrected chi connectivity index (χ2v) is 6.07. The van der Waals surface area contributed by atoms with Crippen LogP contribution in [0.1, 0.15) is 16.7 Å². The lowest BCUT2D eigenvalue weighted by molar-refractivity contribution is -0.129. The fraction of sp³-hybridized carbons (Fsp3) is 0.562. The molecule has 0 aromatic heterocycles. The Morgan fingerprint density at radius 2 is 1.89 bits per heavy atom. The maximum absolute atomic E-state index is 12.3.